The molecule has 0 saturated carbocycles. The van der Waals surface area contributed by atoms with Gasteiger partial charge in [0.1, 0.15) is 23.6 Å². The number of rotatable bonds is 6. The molecule has 0 unspecified atom stereocenters. The fraction of sp³-hybridized carbons (Fsp3) is 0.190. The van der Waals surface area contributed by atoms with Gasteiger partial charge in [-0.1, -0.05) is 44.2 Å². The highest BCUT2D eigenvalue weighted by atomic mass is 16.5. The number of ether oxygens (including phenoxy) is 1. The molecule has 0 aliphatic carbocycles. The summed E-state index contributed by atoms with van der Waals surface area (Å²) in [5, 5.41) is 6.10. The number of anilines is 3. The van der Waals surface area contributed by atoms with E-state index >= 15 is 0 Å². The zero-order valence-corrected chi connectivity index (χ0v) is 15.6. The van der Waals surface area contributed by atoms with Gasteiger partial charge >= 0.3 is 0 Å². The van der Waals surface area contributed by atoms with Gasteiger partial charge in [0.15, 0.2) is 0 Å². The van der Waals surface area contributed by atoms with Crippen molar-refractivity contribution < 1.29 is 9.53 Å². The summed E-state index contributed by atoms with van der Waals surface area (Å²) in [5.41, 5.74) is 2.90. The van der Waals surface area contributed by atoms with Crippen molar-refractivity contribution in [2.45, 2.75) is 19.8 Å². The van der Waals surface area contributed by atoms with E-state index in [0.29, 0.717) is 17.5 Å². The van der Waals surface area contributed by atoms with E-state index in [-0.39, 0.29) is 11.6 Å². The van der Waals surface area contributed by atoms with Crippen LogP contribution in [0.4, 0.5) is 17.2 Å². The summed E-state index contributed by atoms with van der Waals surface area (Å²) in [5.74, 6) is 1.22. The predicted molar refractivity (Wildman–Crippen MR) is 107 cm³/mol. The van der Waals surface area contributed by atoms with Crippen molar-refractivity contribution in [3.63, 3.8) is 0 Å². The first kappa shape index (κ1) is 18.4. The molecule has 3 aromatic rings. The molecule has 0 saturated heterocycles. The first-order chi connectivity index (χ1) is 13.1. The maximum atomic E-state index is 12.7. The molecule has 1 heterocycles. The summed E-state index contributed by atoms with van der Waals surface area (Å²) < 4.78 is 5.32. The van der Waals surface area contributed by atoms with Crippen LogP contribution in [0.15, 0.2) is 60.9 Å². The van der Waals surface area contributed by atoms with E-state index in [1.807, 2.05) is 48.5 Å². The number of amides is 1. The Bertz CT molecular complexity index is 941. The van der Waals surface area contributed by atoms with E-state index in [4.69, 9.17) is 4.74 Å². The van der Waals surface area contributed by atoms with Crippen molar-refractivity contribution in [3.05, 3.63) is 72.2 Å². The second kappa shape index (κ2) is 8.31. The summed E-state index contributed by atoms with van der Waals surface area (Å²) in [6.45, 7) is 4.18. The van der Waals surface area contributed by atoms with Gasteiger partial charge in [0.2, 0.25) is 0 Å². The van der Waals surface area contributed by atoms with Crippen LogP contribution in [-0.2, 0) is 0 Å². The van der Waals surface area contributed by atoms with Gasteiger partial charge in [-0.15, -0.1) is 0 Å². The zero-order chi connectivity index (χ0) is 19.2. The Morgan fingerprint density at radius 2 is 1.70 bits per heavy atom. The highest BCUT2D eigenvalue weighted by Gasteiger charge is 2.13. The molecule has 138 valence electrons. The Labute approximate surface area is 158 Å². The monoisotopic (exact) mass is 362 g/mol. The van der Waals surface area contributed by atoms with Gasteiger partial charge in [0, 0.05) is 11.8 Å². The highest BCUT2D eigenvalue weighted by Crippen LogP contribution is 2.27. The lowest BCUT2D eigenvalue weighted by Crippen LogP contribution is -2.15. The topological polar surface area (TPSA) is 76.1 Å². The van der Waals surface area contributed by atoms with E-state index < -0.39 is 0 Å². The Morgan fingerprint density at radius 1 is 1.00 bits per heavy atom. The predicted octanol–water partition coefficient (Wildman–Crippen LogP) is 4.60. The van der Waals surface area contributed by atoms with Crippen molar-refractivity contribution in [3.8, 4) is 5.75 Å². The Kier molecular flexibility index (Phi) is 5.66. The summed E-state index contributed by atoms with van der Waals surface area (Å²) in [6, 6.07) is 16.9. The summed E-state index contributed by atoms with van der Waals surface area (Å²) in [4.78, 5) is 21.0. The minimum absolute atomic E-state index is 0.279. The van der Waals surface area contributed by atoms with Gasteiger partial charge in [0.25, 0.3) is 5.91 Å². The van der Waals surface area contributed by atoms with Crippen molar-refractivity contribution in [1.29, 1.82) is 0 Å². The number of methoxy groups -OCH3 is 1. The van der Waals surface area contributed by atoms with Gasteiger partial charge in [0.05, 0.1) is 12.8 Å². The van der Waals surface area contributed by atoms with Gasteiger partial charge in [-0.3, -0.25) is 4.79 Å². The number of benzene rings is 2. The summed E-state index contributed by atoms with van der Waals surface area (Å²) >= 11 is 0. The van der Waals surface area contributed by atoms with Crippen LogP contribution in [0, 0.1) is 0 Å². The molecule has 0 radical (unpaired) electrons. The number of nitrogens with zero attached hydrogens (tertiary/aromatic N) is 2. The van der Waals surface area contributed by atoms with Crippen molar-refractivity contribution in [2.24, 2.45) is 0 Å². The van der Waals surface area contributed by atoms with Gasteiger partial charge in [-0.25, -0.2) is 9.97 Å². The SMILES string of the molecule is COc1ccccc1Nc1cc(C(=O)Nc2ccccc2C(C)C)ncn1. The van der Waals surface area contributed by atoms with Crippen LogP contribution in [0.1, 0.15) is 35.8 Å². The molecular weight excluding hydrogens is 340 g/mol. The largest absolute Gasteiger partial charge is 0.495 e. The molecule has 27 heavy (non-hydrogen) atoms. The van der Waals surface area contributed by atoms with E-state index in [0.717, 1.165) is 16.9 Å². The highest BCUT2D eigenvalue weighted by molar-refractivity contribution is 6.03. The lowest BCUT2D eigenvalue weighted by molar-refractivity contribution is 0.102. The van der Waals surface area contributed by atoms with Gasteiger partial charge in [-0.2, -0.15) is 0 Å². The molecule has 1 aromatic heterocycles. The fourth-order valence-electron chi connectivity index (χ4n) is 2.74. The molecule has 2 aromatic carbocycles. The molecule has 0 atom stereocenters. The Morgan fingerprint density at radius 3 is 2.44 bits per heavy atom. The molecule has 0 bridgehead atoms. The van der Waals surface area contributed by atoms with Crippen molar-refractivity contribution in [2.75, 3.05) is 17.7 Å². The van der Waals surface area contributed by atoms with Crippen LogP contribution in [-0.4, -0.2) is 23.0 Å². The van der Waals surface area contributed by atoms with Crippen LogP contribution in [0.25, 0.3) is 0 Å². The number of carbonyl (C=O) groups excluding carboxylic acids is 1. The molecule has 6 nitrogen and oxygen atoms in total. The smallest absolute Gasteiger partial charge is 0.274 e. The number of nitrogens with one attached hydrogen (secondary N) is 2. The van der Waals surface area contributed by atoms with E-state index in [1.165, 1.54) is 6.33 Å². The molecule has 3 rings (SSSR count). The second-order valence-corrected chi connectivity index (χ2v) is 6.31. The number of hydrogen-bond donors (Lipinski definition) is 2. The number of hydrogen-bond acceptors (Lipinski definition) is 5. The Balaban J connectivity index is 1.80. The van der Waals surface area contributed by atoms with E-state index in [9.17, 15) is 4.79 Å². The molecule has 2 N–H and O–H groups in total. The third kappa shape index (κ3) is 4.41. The first-order valence-electron chi connectivity index (χ1n) is 8.71. The van der Waals surface area contributed by atoms with Crippen molar-refractivity contribution >= 4 is 23.1 Å². The second-order valence-electron chi connectivity index (χ2n) is 6.31. The normalized spacial score (nSPS) is 10.5. The lowest BCUT2D eigenvalue weighted by atomic mass is 10.0. The number of carbonyl (C=O) groups is 1. The Hall–Kier alpha value is -3.41. The third-order valence-electron chi connectivity index (χ3n) is 4.10. The molecular formula is C21H22N4O2. The average molecular weight is 362 g/mol. The zero-order valence-electron chi connectivity index (χ0n) is 15.6. The van der Waals surface area contributed by atoms with Crippen LogP contribution >= 0.6 is 0 Å². The molecule has 0 fully saturated rings. The summed E-state index contributed by atoms with van der Waals surface area (Å²) in [6.07, 6.45) is 1.36. The van der Waals surface area contributed by atoms with E-state index in [2.05, 4.69) is 34.4 Å². The van der Waals surface area contributed by atoms with Gasteiger partial charge in [-0.05, 0) is 29.7 Å². The minimum atomic E-state index is -0.284. The number of para-hydroxylation sites is 3. The van der Waals surface area contributed by atoms with Crippen LogP contribution < -0.4 is 15.4 Å². The quantitative estimate of drug-likeness (QED) is 0.670. The lowest BCUT2D eigenvalue weighted by Gasteiger charge is -2.14. The van der Waals surface area contributed by atoms with Crippen molar-refractivity contribution in [1.82, 2.24) is 9.97 Å². The van der Waals surface area contributed by atoms with Crippen LogP contribution in [0.3, 0.4) is 0 Å². The molecule has 0 aliphatic heterocycles. The molecule has 6 heteroatoms. The number of aromatic nitrogens is 2. The van der Waals surface area contributed by atoms with Crippen LogP contribution in [0.5, 0.6) is 5.75 Å². The molecule has 1 amide bonds. The first-order valence-corrected chi connectivity index (χ1v) is 8.71. The fourth-order valence-corrected chi connectivity index (χ4v) is 2.74. The van der Waals surface area contributed by atoms with E-state index in [1.54, 1.807) is 13.2 Å². The van der Waals surface area contributed by atoms with Crippen LogP contribution in [0.2, 0.25) is 0 Å². The maximum absolute atomic E-state index is 12.7. The molecule has 0 aliphatic rings. The standard InChI is InChI=1S/C21H22N4O2/c1-14(2)15-8-4-5-9-16(15)25-21(26)18-12-20(23-13-22-18)24-17-10-6-7-11-19(17)27-3/h4-14H,1-3H3,(H,25,26)(H,22,23,24). The third-order valence-corrected chi connectivity index (χ3v) is 4.10. The van der Waals surface area contributed by atoms with Gasteiger partial charge < -0.3 is 15.4 Å². The average Bonchev–Trinajstić information content (AvgIpc) is 2.69. The summed E-state index contributed by atoms with van der Waals surface area (Å²) in [7, 11) is 1.60. The minimum Gasteiger partial charge on any atom is -0.495 e. The molecule has 0 spiro atoms. The maximum Gasteiger partial charge on any atom is 0.274 e.